The molecular formula is C20H16Cl2N2O. The first-order valence-corrected chi connectivity index (χ1v) is 8.46. The van der Waals surface area contributed by atoms with E-state index in [0.717, 1.165) is 22.6 Å². The third-order valence-corrected chi connectivity index (χ3v) is 3.91. The number of hydrazone groups is 1. The van der Waals surface area contributed by atoms with Gasteiger partial charge < -0.3 is 4.74 Å². The number of nitrogens with one attached hydrogen (secondary N) is 1. The Morgan fingerprint density at radius 1 is 0.880 bits per heavy atom. The van der Waals surface area contributed by atoms with Crippen molar-refractivity contribution in [2.24, 2.45) is 5.10 Å². The molecule has 1 N–H and O–H groups in total. The molecule has 0 aliphatic carbocycles. The quantitative estimate of drug-likeness (QED) is 0.425. The second-order valence-electron chi connectivity index (χ2n) is 5.36. The Morgan fingerprint density at radius 3 is 2.36 bits per heavy atom. The highest BCUT2D eigenvalue weighted by Gasteiger charge is 1.98. The first-order valence-electron chi connectivity index (χ1n) is 7.71. The predicted molar refractivity (Wildman–Crippen MR) is 105 cm³/mol. The van der Waals surface area contributed by atoms with Crippen molar-refractivity contribution in [3.05, 3.63) is 94.0 Å². The molecule has 0 unspecified atom stereocenters. The van der Waals surface area contributed by atoms with Gasteiger partial charge in [0, 0.05) is 10.0 Å². The number of hydrogen-bond donors (Lipinski definition) is 1. The lowest BCUT2D eigenvalue weighted by molar-refractivity contribution is 0.306. The summed E-state index contributed by atoms with van der Waals surface area (Å²) in [6, 6.07) is 22.7. The van der Waals surface area contributed by atoms with E-state index in [4.69, 9.17) is 27.9 Å². The number of nitrogens with zero attached hydrogens (tertiary/aromatic N) is 1. The maximum Gasteiger partial charge on any atom is 0.119 e. The zero-order valence-electron chi connectivity index (χ0n) is 13.3. The standard InChI is InChI=1S/C20H16Cl2N2O/c21-17-6-8-19(9-7-17)24-23-13-15-4-10-20(11-5-15)25-14-16-2-1-3-18(22)12-16/h1-13,24H,14H2. The van der Waals surface area contributed by atoms with Crippen LogP contribution in [0.1, 0.15) is 11.1 Å². The maximum absolute atomic E-state index is 5.97. The van der Waals surface area contributed by atoms with Crippen molar-refractivity contribution >= 4 is 35.1 Å². The van der Waals surface area contributed by atoms with Crippen LogP contribution in [0.4, 0.5) is 5.69 Å². The van der Waals surface area contributed by atoms with Crippen molar-refractivity contribution in [2.75, 3.05) is 5.43 Å². The van der Waals surface area contributed by atoms with Crippen LogP contribution in [0.25, 0.3) is 0 Å². The van der Waals surface area contributed by atoms with Crippen LogP contribution in [0, 0.1) is 0 Å². The molecule has 0 aliphatic rings. The third-order valence-electron chi connectivity index (χ3n) is 3.43. The molecule has 5 heteroatoms. The van der Waals surface area contributed by atoms with E-state index in [1.165, 1.54) is 0 Å². The van der Waals surface area contributed by atoms with E-state index in [-0.39, 0.29) is 0 Å². The van der Waals surface area contributed by atoms with Gasteiger partial charge in [0.15, 0.2) is 0 Å². The molecule has 0 bridgehead atoms. The van der Waals surface area contributed by atoms with E-state index < -0.39 is 0 Å². The van der Waals surface area contributed by atoms with Crippen molar-refractivity contribution in [1.82, 2.24) is 0 Å². The number of benzene rings is 3. The van der Waals surface area contributed by atoms with Gasteiger partial charge >= 0.3 is 0 Å². The fourth-order valence-corrected chi connectivity index (χ4v) is 2.49. The summed E-state index contributed by atoms with van der Waals surface area (Å²) in [5.41, 5.74) is 5.83. The van der Waals surface area contributed by atoms with Crippen molar-refractivity contribution in [1.29, 1.82) is 0 Å². The zero-order chi connectivity index (χ0) is 17.5. The second kappa shape index (κ2) is 8.56. The first kappa shape index (κ1) is 17.3. The molecule has 0 radical (unpaired) electrons. The Morgan fingerprint density at radius 2 is 1.64 bits per heavy atom. The van der Waals surface area contributed by atoms with E-state index in [1.807, 2.05) is 72.8 Å². The molecule has 3 rings (SSSR count). The van der Waals surface area contributed by atoms with E-state index in [2.05, 4.69) is 10.5 Å². The topological polar surface area (TPSA) is 33.6 Å². The molecule has 126 valence electrons. The highest BCUT2D eigenvalue weighted by Crippen LogP contribution is 2.16. The van der Waals surface area contributed by atoms with Crippen LogP contribution in [0.3, 0.4) is 0 Å². The van der Waals surface area contributed by atoms with Gasteiger partial charge in [0.25, 0.3) is 0 Å². The van der Waals surface area contributed by atoms with Gasteiger partial charge in [0.05, 0.1) is 11.9 Å². The van der Waals surface area contributed by atoms with Crippen LogP contribution < -0.4 is 10.2 Å². The molecule has 0 heterocycles. The van der Waals surface area contributed by atoms with Crippen molar-refractivity contribution in [2.45, 2.75) is 6.61 Å². The Labute approximate surface area is 156 Å². The van der Waals surface area contributed by atoms with Gasteiger partial charge in [-0.05, 0) is 71.8 Å². The largest absolute Gasteiger partial charge is 0.489 e. The summed E-state index contributed by atoms with van der Waals surface area (Å²) < 4.78 is 5.76. The van der Waals surface area contributed by atoms with Crippen LogP contribution in [0.2, 0.25) is 10.0 Å². The van der Waals surface area contributed by atoms with Gasteiger partial charge in [-0.25, -0.2) is 0 Å². The molecule has 0 spiro atoms. The summed E-state index contributed by atoms with van der Waals surface area (Å²) in [5, 5.41) is 5.61. The predicted octanol–water partition coefficient (Wildman–Crippen LogP) is 6.02. The summed E-state index contributed by atoms with van der Waals surface area (Å²) in [6.07, 6.45) is 1.75. The van der Waals surface area contributed by atoms with Crippen molar-refractivity contribution in [3.63, 3.8) is 0 Å². The lowest BCUT2D eigenvalue weighted by atomic mass is 10.2. The maximum atomic E-state index is 5.97. The molecule has 0 amide bonds. The first-order chi connectivity index (χ1) is 12.2. The molecule has 0 aromatic heterocycles. The highest BCUT2D eigenvalue weighted by molar-refractivity contribution is 6.30. The third kappa shape index (κ3) is 5.52. The molecule has 0 atom stereocenters. The number of halogens is 2. The molecule has 3 nitrogen and oxygen atoms in total. The fraction of sp³-hybridized carbons (Fsp3) is 0.0500. The normalized spacial score (nSPS) is 10.8. The van der Waals surface area contributed by atoms with Crippen LogP contribution in [-0.4, -0.2) is 6.21 Å². The minimum absolute atomic E-state index is 0.478. The fourth-order valence-electron chi connectivity index (χ4n) is 2.15. The second-order valence-corrected chi connectivity index (χ2v) is 6.24. The number of ether oxygens (including phenoxy) is 1. The summed E-state index contributed by atoms with van der Waals surface area (Å²) in [4.78, 5) is 0. The van der Waals surface area contributed by atoms with Crippen LogP contribution >= 0.6 is 23.2 Å². The highest BCUT2D eigenvalue weighted by atomic mass is 35.5. The zero-order valence-corrected chi connectivity index (χ0v) is 14.8. The molecule has 0 saturated carbocycles. The van der Waals surface area contributed by atoms with Crippen molar-refractivity contribution in [3.8, 4) is 5.75 Å². The smallest absolute Gasteiger partial charge is 0.119 e. The molecular weight excluding hydrogens is 355 g/mol. The van der Waals surface area contributed by atoms with E-state index >= 15 is 0 Å². The number of hydrogen-bond acceptors (Lipinski definition) is 3. The van der Waals surface area contributed by atoms with Gasteiger partial charge in [-0.2, -0.15) is 5.10 Å². The summed E-state index contributed by atoms with van der Waals surface area (Å²) in [5.74, 6) is 0.794. The Kier molecular flexibility index (Phi) is 5.94. The van der Waals surface area contributed by atoms with Crippen molar-refractivity contribution < 1.29 is 4.74 Å². The molecule has 0 aliphatic heterocycles. The van der Waals surface area contributed by atoms with Gasteiger partial charge in [-0.15, -0.1) is 0 Å². The lowest BCUT2D eigenvalue weighted by Crippen LogP contribution is -1.95. The van der Waals surface area contributed by atoms with Gasteiger partial charge in [0.1, 0.15) is 12.4 Å². The van der Waals surface area contributed by atoms with Gasteiger partial charge in [0.2, 0.25) is 0 Å². The van der Waals surface area contributed by atoms with E-state index in [1.54, 1.807) is 6.21 Å². The van der Waals surface area contributed by atoms with Gasteiger partial charge in [-0.1, -0.05) is 35.3 Å². The molecule has 0 saturated heterocycles. The Hall–Kier alpha value is -2.49. The monoisotopic (exact) mass is 370 g/mol. The molecule has 3 aromatic rings. The lowest BCUT2D eigenvalue weighted by Gasteiger charge is -2.07. The number of rotatable bonds is 6. The Bertz CT molecular complexity index is 846. The minimum atomic E-state index is 0.478. The SMILES string of the molecule is Clc1ccc(NN=Cc2ccc(OCc3cccc(Cl)c3)cc2)cc1. The summed E-state index contributed by atoms with van der Waals surface area (Å²) >= 11 is 11.8. The van der Waals surface area contributed by atoms with Crippen LogP contribution in [0.5, 0.6) is 5.75 Å². The van der Waals surface area contributed by atoms with Crippen LogP contribution in [0.15, 0.2) is 77.9 Å². The minimum Gasteiger partial charge on any atom is -0.489 e. The number of anilines is 1. The average molecular weight is 371 g/mol. The molecule has 3 aromatic carbocycles. The van der Waals surface area contributed by atoms with Gasteiger partial charge in [-0.3, -0.25) is 5.43 Å². The summed E-state index contributed by atoms with van der Waals surface area (Å²) in [6.45, 7) is 0.478. The van der Waals surface area contributed by atoms with E-state index in [9.17, 15) is 0 Å². The Balaban J connectivity index is 1.53. The van der Waals surface area contributed by atoms with Crippen LogP contribution in [-0.2, 0) is 6.61 Å². The summed E-state index contributed by atoms with van der Waals surface area (Å²) in [7, 11) is 0. The molecule has 25 heavy (non-hydrogen) atoms. The average Bonchev–Trinajstić information content (AvgIpc) is 2.63. The van der Waals surface area contributed by atoms with E-state index in [0.29, 0.717) is 16.7 Å². The molecule has 0 fully saturated rings.